The van der Waals surface area contributed by atoms with Gasteiger partial charge in [-0.1, -0.05) is 24.6 Å². The Bertz CT molecular complexity index is 1310. The van der Waals surface area contributed by atoms with Crippen LogP contribution in [0.25, 0.3) is 11.1 Å². The highest BCUT2D eigenvalue weighted by Gasteiger charge is 2.23. The summed E-state index contributed by atoms with van der Waals surface area (Å²) < 4.78 is 6.81. The average Bonchev–Trinajstić information content (AvgIpc) is 2.80. The van der Waals surface area contributed by atoms with E-state index in [1.165, 1.54) is 36.2 Å². The third-order valence-corrected chi connectivity index (χ3v) is 5.44. The number of carbonyl (C=O) groups is 2. The van der Waals surface area contributed by atoms with Crippen LogP contribution in [0.1, 0.15) is 41.0 Å². The van der Waals surface area contributed by atoms with Crippen LogP contribution in [0.5, 0.6) is 5.75 Å². The lowest BCUT2D eigenvalue weighted by molar-refractivity contribution is -0.121. The summed E-state index contributed by atoms with van der Waals surface area (Å²) >= 11 is 6.10. The van der Waals surface area contributed by atoms with Gasteiger partial charge in [-0.3, -0.25) is 19.4 Å². The van der Waals surface area contributed by atoms with Gasteiger partial charge in [0.2, 0.25) is 0 Å². The van der Waals surface area contributed by atoms with Crippen molar-refractivity contribution in [2.24, 2.45) is 5.73 Å². The highest BCUT2D eigenvalue weighted by atomic mass is 35.5. The SMILES string of the molecule is CCC(C(=O)Cc1ccc(C(N)=O)nc1)n1cc(OC)c(-c2cc(Cl)ccc2C#N)cc1=O. The topological polar surface area (TPSA) is 128 Å². The van der Waals surface area contributed by atoms with Gasteiger partial charge in [-0.05, 0) is 36.2 Å². The van der Waals surface area contributed by atoms with Crippen LogP contribution in [0, 0.1) is 11.3 Å². The molecule has 0 radical (unpaired) electrons. The average molecular weight is 465 g/mol. The zero-order chi connectivity index (χ0) is 24.1. The van der Waals surface area contributed by atoms with E-state index in [0.717, 1.165) is 0 Å². The quantitative estimate of drug-likeness (QED) is 0.544. The van der Waals surface area contributed by atoms with E-state index >= 15 is 0 Å². The van der Waals surface area contributed by atoms with Crippen molar-refractivity contribution in [3.05, 3.63) is 81.0 Å². The Balaban J connectivity index is 1.98. The van der Waals surface area contributed by atoms with Crippen LogP contribution in [-0.4, -0.2) is 28.4 Å². The summed E-state index contributed by atoms with van der Waals surface area (Å²) in [6, 6.07) is 10.5. The number of nitrogens with zero attached hydrogens (tertiary/aromatic N) is 3. The fraction of sp³-hybridized carbons (Fsp3) is 0.208. The summed E-state index contributed by atoms with van der Waals surface area (Å²) in [5.41, 5.74) is 6.68. The lowest BCUT2D eigenvalue weighted by atomic mass is 9.99. The highest BCUT2D eigenvalue weighted by molar-refractivity contribution is 6.31. The first-order valence-corrected chi connectivity index (χ1v) is 10.4. The van der Waals surface area contributed by atoms with E-state index in [2.05, 4.69) is 11.1 Å². The molecule has 8 nitrogen and oxygen atoms in total. The van der Waals surface area contributed by atoms with E-state index in [1.807, 2.05) is 0 Å². The number of halogens is 1. The summed E-state index contributed by atoms with van der Waals surface area (Å²) in [5.74, 6) is -0.534. The summed E-state index contributed by atoms with van der Waals surface area (Å²) in [6.07, 6.45) is 3.28. The second-order valence-corrected chi connectivity index (χ2v) is 7.72. The van der Waals surface area contributed by atoms with Gasteiger partial charge in [0.05, 0.1) is 31.0 Å². The number of hydrogen-bond acceptors (Lipinski definition) is 6. The Morgan fingerprint density at radius 1 is 1.24 bits per heavy atom. The maximum atomic E-state index is 13.0. The van der Waals surface area contributed by atoms with Crippen LogP contribution in [0.4, 0.5) is 0 Å². The van der Waals surface area contributed by atoms with Gasteiger partial charge < -0.3 is 15.0 Å². The summed E-state index contributed by atoms with van der Waals surface area (Å²) in [4.78, 5) is 41.2. The molecule has 2 N–H and O–H groups in total. The van der Waals surface area contributed by atoms with Crippen molar-refractivity contribution in [3.8, 4) is 22.9 Å². The Morgan fingerprint density at radius 3 is 2.58 bits per heavy atom. The zero-order valence-electron chi connectivity index (χ0n) is 18.0. The number of Topliss-reactive ketones (excluding diaryl/α,β-unsaturated/α-hetero) is 1. The number of aromatic nitrogens is 2. The summed E-state index contributed by atoms with van der Waals surface area (Å²) in [6.45, 7) is 1.80. The van der Waals surface area contributed by atoms with Crippen LogP contribution >= 0.6 is 11.6 Å². The Hall–Kier alpha value is -3.96. The minimum absolute atomic E-state index is 0.0218. The molecule has 2 aromatic heterocycles. The highest BCUT2D eigenvalue weighted by Crippen LogP contribution is 2.33. The minimum atomic E-state index is -0.744. The van der Waals surface area contributed by atoms with E-state index in [0.29, 0.717) is 39.4 Å². The molecular weight excluding hydrogens is 444 g/mol. The Morgan fingerprint density at radius 2 is 2.00 bits per heavy atom. The largest absolute Gasteiger partial charge is 0.495 e. The van der Waals surface area contributed by atoms with Crippen LogP contribution in [0.2, 0.25) is 5.02 Å². The first-order valence-electron chi connectivity index (χ1n) is 10.1. The molecule has 0 bridgehead atoms. The zero-order valence-corrected chi connectivity index (χ0v) is 18.8. The number of methoxy groups -OCH3 is 1. The van der Waals surface area contributed by atoms with Gasteiger partial charge >= 0.3 is 0 Å². The van der Waals surface area contributed by atoms with Gasteiger partial charge in [-0.15, -0.1) is 0 Å². The number of amides is 1. The predicted molar refractivity (Wildman–Crippen MR) is 123 cm³/mol. The van der Waals surface area contributed by atoms with Crippen LogP contribution in [-0.2, 0) is 11.2 Å². The van der Waals surface area contributed by atoms with E-state index in [4.69, 9.17) is 22.1 Å². The molecule has 3 aromatic rings. The van der Waals surface area contributed by atoms with Crippen LogP contribution < -0.4 is 16.0 Å². The standard InChI is InChI=1S/C24H21ClN4O4/c1-3-20(21(30)8-14-4-7-19(24(27)32)28-12-14)29-13-22(33-2)18(10-23(29)31)17-9-16(25)6-5-15(17)11-26/h4-7,9-10,12-13,20H,3,8H2,1-2H3,(H2,27,32). The molecule has 0 aliphatic carbocycles. The maximum Gasteiger partial charge on any atom is 0.267 e. The molecule has 0 spiro atoms. The van der Waals surface area contributed by atoms with Crippen molar-refractivity contribution in [3.63, 3.8) is 0 Å². The predicted octanol–water partition coefficient (Wildman–Crippen LogP) is 3.31. The molecule has 168 valence electrons. The van der Waals surface area contributed by atoms with Crippen molar-refractivity contribution in [1.29, 1.82) is 5.26 Å². The van der Waals surface area contributed by atoms with Crippen molar-refractivity contribution in [2.75, 3.05) is 7.11 Å². The molecule has 0 saturated heterocycles. The monoisotopic (exact) mass is 464 g/mol. The number of nitrogens with two attached hydrogens (primary N) is 1. The van der Waals surface area contributed by atoms with Crippen molar-refractivity contribution < 1.29 is 14.3 Å². The minimum Gasteiger partial charge on any atom is -0.495 e. The van der Waals surface area contributed by atoms with E-state index < -0.39 is 17.5 Å². The second kappa shape index (κ2) is 10.1. The lowest BCUT2D eigenvalue weighted by Crippen LogP contribution is -2.30. The van der Waals surface area contributed by atoms with Gasteiger partial charge in [0.1, 0.15) is 11.4 Å². The molecule has 0 saturated carbocycles. The number of ketones is 1. The van der Waals surface area contributed by atoms with Crippen LogP contribution in [0.15, 0.2) is 53.6 Å². The number of ether oxygens (including phenoxy) is 1. The molecule has 0 fully saturated rings. The first-order chi connectivity index (χ1) is 15.8. The number of rotatable bonds is 8. The van der Waals surface area contributed by atoms with Gasteiger partial charge in [-0.25, -0.2) is 0 Å². The smallest absolute Gasteiger partial charge is 0.267 e. The van der Waals surface area contributed by atoms with Crippen molar-refractivity contribution >= 4 is 23.3 Å². The molecule has 1 unspecified atom stereocenters. The van der Waals surface area contributed by atoms with Crippen molar-refractivity contribution in [1.82, 2.24) is 9.55 Å². The van der Waals surface area contributed by atoms with E-state index in [9.17, 15) is 19.6 Å². The molecule has 1 amide bonds. The van der Waals surface area contributed by atoms with Gasteiger partial charge in [0.15, 0.2) is 5.78 Å². The van der Waals surface area contributed by atoms with E-state index in [-0.39, 0.29) is 17.9 Å². The molecule has 2 heterocycles. The first kappa shape index (κ1) is 23.7. The fourth-order valence-electron chi connectivity index (χ4n) is 3.56. The lowest BCUT2D eigenvalue weighted by Gasteiger charge is -2.20. The van der Waals surface area contributed by atoms with Gasteiger partial charge in [0, 0.05) is 34.8 Å². The number of benzene rings is 1. The molecule has 3 rings (SSSR count). The number of nitriles is 1. The number of carbonyl (C=O) groups excluding carboxylic acids is 2. The molecule has 1 atom stereocenters. The molecular formula is C24H21ClN4O4. The third kappa shape index (κ3) is 5.10. The summed E-state index contributed by atoms with van der Waals surface area (Å²) in [7, 11) is 1.44. The third-order valence-electron chi connectivity index (χ3n) is 5.21. The number of pyridine rings is 2. The molecule has 33 heavy (non-hydrogen) atoms. The maximum absolute atomic E-state index is 13.0. The molecule has 0 aliphatic rings. The van der Waals surface area contributed by atoms with Gasteiger partial charge in [-0.2, -0.15) is 5.26 Å². The van der Waals surface area contributed by atoms with Gasteiger partial charge in [0.25, 0.3) is 11.5 Å². The Labute approximate surface area is 195 Å². The second-order valence-electron chi connectivity index (χ2n) is 7.29. The molecule has 9 heteroatoms. The van der Waals surface area contributed by atoms with Crippen molar-refractivity contribution in [2.45, 2.75) is 25.8 Å². The summed E-state index contributed by atoms with van der Waals surface area (Å²) in [5, 5.41) is 9.86. The number of hydrogen-bond donors (Lipinski definition) is 1. The number of primary amides is 1. The molecule has 1 aromatic carbocycles. The molecule has 0 aliphatic heterocycles. The normalized spacial score (nSPS) is 11.5. The fourth-order valence-corrected chi connectivity index (χ4v) is 3.73. The Kier molecular flexibility index (Phi) is 7.26. The van der Waals surface area contributed by atoms with E-state index in [1.54, 1.807) is 31.2 Å². The van der Waals surface area contributed by atoms with Crippen LogP contribution in [0.3, 0.4) is 0 Å².